The third-order valence-corrected chi connectivity index (χ3v) is 12.3. The fourth-order valence-electron chi connectivity index (χ4n) is 8.25. The van der Waals surface area contributed by atoms with Crippen LogP contribution in [0.5, 0.6) is 0 Å². The van der Waals surface area contributed by atoms with Gasteiger partial charge in [-0.2, -0.15) is 0 Å². The Balaban J connectivity index is 1.94. The van der Waals surface area contributed by atoms with E-state index in [0.29, 0.717) is 19.5 Å². The van der Waals surface area contributed by atoms with Crippen molar-refractivity contribution in [1.82, 2.24) is 20.9 Å². The number of aliphatic hydroxyl groups excluding tert-OH is 3. The standard InChI is InChI=1S/C50H90N4O8/c1-4-6-8-10-12-14-16-18-19-20-21-23-25-27-29-34-38-54(49(59)51-37-33-28-26-24-22-17-15-13-11-9-7-5-2)48-44(46(57)45(56)43(39-55)62-48)53-47(58)41(3)52-50(60)61-40-42-35-31-30-32-36-42/h30-32,35-36,41,43-46,48,55-57H,4-29,33-34,37-40H2,1-3H3,(H,51,59)(H,52,60)(H,53,58)/t41-,43+,44+,45+,46+,48+/m0/s1. The van der Waals surface area contributed by atoms with Gasteiger partial charge in [0.15, 0.2) is 6.23 Å². The van der Waals surface area contributed by atoms with E-state index in [1.165, 1.54) is 147 Å². The number of hydrogen-bond acceptors (Lipinski definition) is 8. The molecule has 358 valence electrons. The largest absolute Gasteiger partial charge is 0.445 e. The minimum atomic E-state index is -1.57. The summed E-state index contributed by atoms with van der Waals surface area (Å²) >= 11 is 0. The monoisotopic (exact) mass is 875 g/mol. The second-order valence-electron chi connectivity index (χ2n) is 17.8. The number of aliphatic hydroxyl groups is 3. The Morgan fingerprint density at radius 1 is 0.661 bits per heavy atom. The molecule has 0 bridgehead atoms. The average molecular weight is 875 g/mol. The Bertz CT molecular complexity index is 1260. The highest BCUT2D eigenvalue weighted by Crippen LogP contribution is 2.25. The van der Waals surface area contributed by atoms with Crippen molar-refractivity contribution in [1.29, 1.82) is 0 Å². The summed E-state index contributed by atoms with van der Waals surface area (Å²) in [6.07, 6.45) is 27.9. The lowest BCUT2D eigenvalue weighted by Gasteiger charge is -2.46. The molecule has 0 aliphatic carbocycles. The molecule has 62 heavy (non-hydrogen) atoms. The fraction of sp³-hybridized carbons (Fsp3) is 0.820. The first-order chi connectivity index (χ1) is 30.2. The molecule has 0 saturated carbocycles. The van der Waals surface area contributed by atoms with E-state index in [1.54, 1.807) is 0 Å². The molecule has 2 rings (SSSR count). The molecule has 12 heteroatoms. The lowest BCUT2D eigenvalue weighted by molar-refractivity contribution is -0.224. The van der Waals surface area contributed by atoms with Gasteiger partial charge in [0.25, 0.3) is 0 Å². The van der Waals surface area contributed by atoms with Crippen molar-refractivity contribution in [3.8, 4) is 0 Å². The zero-order chi connectivity index (χ0) is 45.0. The van der Waals surface area contributed by atoms with Crippen LogP contribution in [0.3, 0.4) is 0 Å². The number of carbonyl (C=O) groups excluding carboxylic acids is 3. The van der Waals surface area contributed by atoms with E-state index >= 15 is 0 Å². The van der Waals surface area contributed by atoms with Crippen LogP contribution in [-0.4, -0.2) is 94.6 Å². The number of nitrogens with one attached hydrogen (secondary N) is 3. The van der Waals surface area contributed by atoms with Crippen molar-refractivity contribution in [2.45, 2.75) is 244 Å². The lowest BCUT2D eigenvalue weighted by Crippen LogP contribution is -2.70. The predicted octanol–water partition coefficient (Wildman–Crippen LogP) is 10.2. The number of urea groups is 1. The molecule has 0 radical (unpaired) electrons. The summed E-state index contributed by atoms with van der Waals surface area (Å²) in [7, 11) is 0. The van der Waals surface area contributed by atoms with Gasteiger partial charge in [-0.25, -0.2) is 9.59 Å². The Kier molecular flexibility index (Phi) is 32.4. The minimum Gasteiger partial charge on any atom is -0.445 e. The second kappa shape index (κ2) is 36.4. The summed E-state index contributed by atoms with van der Waals surface area (Å²) in [4.78, 5) is 41.5. The highest BCUT2D eigenvalue weighted by Gasteiger charge is 2.48. The van der Waals surface area contributed by atoms with Crippen LogP contribution in [0, 0.1) is 0 Å². The van der Waals surface area contributed by atoms with Crippen LogP contribution >= 0.6 is 0 Å². The first kappa shape index (κ1) is 55.2. The Morgan fingerprint density at radius 3 is 1.58 bits per heavy atom. The number of nitrogens with zero attached hydrogens (tertiary/aromatic N) is 1. The van der Waals surface area contributed by atoms with Crippen molar-refractivity contribution in [3.63, 3.8) is 0 Å². The summed E-state index contributed by atoms with van der Waals surface area (Å²) in [6.45, 7) is 6.18. The molecule has 1 fully saturated rings. The number of rotatable bonds is 37. The molecule has 4 amide bonds. The van der Waals surface area contributed by atoms with Gasteiger partial charge in [0.2, 0.25) is 5.91 Å². The van der Waals surface area contributed by atoms with Gasteiger partial charge in [0.05, 0.1) is 6.61 Å². The van der Waals surface area contributed by atoms with Crippen LogP contribution in [0.4, 0.5) is 9.59 Å². The molecule has 0 unspecified atom stereocenters. The molecule has 1 aliphatic rings. The number of unbranched alkanes of at least 4 members (excludes halogenated alkanes) is 26. The van der Waals surface area contributed by atoms with Crippen molar-refractivity contribution < 1.29 is 39.2 Å². The van der Waals surface area contributed by atoms with Crippen molar-refractivity contribution >= 4 is 18.0 Å². The number of alkyl carbamates (subject to hydrolysis) is 1. The van der Waals surface area contributed by atoms with Gasteiger partial charge in [-0.05, 0) is 25.3 Å². The van der Waals surface area contributed by atoms with Crippen molar-refractivity contribution in [2.75, 3.05) is 19.7 Å². The number of benzene rings is 1. The van der Waals surface area contributed by atoms with Crippen LogP contribution < -0.4 is 16.0 Å². The van der Waals surface area contributed by atoms with Gasteiger partial charge >= 0.3 is 12.1 Å². The first-order valence-electron chi connectivity index (χ1n) is 25.2. The zero-order valence-electron chi connectivity index (χ0n) is 39.3. The van der Waals surface area contributed by atoms with E-state index in [2.05, 4.69) is 29.8 Å². The molecular weight excluding hydrogens is 785 g/mol. The van der Waals surface area contributed by atoms with Gasteiger partial charge in [-0.1, -0.05) is 211 Å². The molecule has 1 heterocycles. The minimum absolute atomic E-state index is 0.0235. The smallest absolute Gasteiger partial charge is 0.408 e. The Morgan fingerprint density at radius 2 is 1.11 bits per heavy atom. The van der Waals surface area contributed by atoms with Crippen LogP contribution in [0.25, 0.3) is 0 Å². The number of ether oxygens (including phenoxy) is 2. The summed E-state index contributed by atoms with van der Waals surface area (Å²) in [5.41, 5.74) is 0.791. The lowest BCUT2D eigenvalue weighted by atomic mass is 9.94. The van der Waals surface area contributed by atoms with E-state index in [1.807, 2.05) is 30.3 Å². The SMILES string of the molecule is CCCCCCCCCCCCCCCCCCN(C(=O)NCCCCCCCCCCCCCC)[C@@H]1O[C@H](CO)[C@@H](O)[C@H](O)[C@H]1NC(=O)[C@H](C)NC(=O)OCc1ccccc1. The normalized spacial score (nSPS) is 19.2. The van der Waals surface area contributed by atoms with E-state index < -0.39 is 61.3 Å². The fourth-order valence-corrected chi connectivity index (χ4v) is 8.25. The van der Waals surface area contributed by atoms with E-state index in [0.717, 1.165) is 44.1 Å². The average Bonchev–Trinajstić information content (AvgIpc) is 3.27. The molecule has 1 saturated heterocycles. The molecule has 1 aromatic carbocycles. The molecule has 1 aliphatic heterocycles. The molecule has 0 spiro atoms. The predicted molar refractivity (Wildman–Crippen MR) is 250 cm³/mol. The topological polar surface area (TPSA) is 170 Å². The highest BCUT2D eigenvalue weighted by molar-refractivity contribution is 5.85. The Hall–Kier alpha value is -2.93. The number of amides is 4. The molecule has 6 N–H and O–H groups in total. The van der Waals surface area contributed by atoms with Gasteiger partial charge in [0, 0.05) is 13.1 Å². The molecule has 1 aromatic rings. The van der Waals surface area contributed by atoms with Gasteiger partial charge in [-0.3, -0.25) is 9.69 Å². The van der Waals surface area contributed by atoms with Crippen LogP contribution in [0.1, 0.15) is 206 Å². The molecule has 12 nitrogen and oxygen atoms in total. The third kappa shape index (κ3) is 24.8. The van der Waals surface area contributed by atoms with Crippen molar-refractivity contribution in [3.05, 3.63) is 35.9 Å². The van der Waals surface area contributed by atoms with Gasteiger partial charge < -0.3 is 40.7 Å². The van der Waals surface area contributed by atoms with Crippen molar-refractivity contribution in [2.24, 2.45) is 0 Å². The van der Waals surface area contributed by atoms with E-state index in [-0.39, 0.29) is 6.61 Å². The van der Waals surface area contributed by atoms with E-state index in [4.69, 9.17) is 9.47 Å². The number of carbonyl (C=O) groups is 3. The second-order valence-corrected chi connectivity index (χ2v) is 17.8. The summed E-state index contributed by atoms with van der Waals surface area (Å²) < 4.78 is 11.4. The maximum absolute atomic E-state index is 14.0. The van der Waals surface area contributed by atoms with Gasteiger partial charge in [-0.15, -0.1) is 0 Å². The highest BCUT2D eigenvalue weighted by atomic mass is 16.6. The molecule has 0 aromatic heterocycles. The summed E-state index contributed by atoms with van der Waals surface area (Å²) in [6, 6.07) is 6.45. The Labute approximate surface area is 376 Å². The van der Waals surface area contributed by atoms with Gasteiger partial charge in [0.1, 0.15) is 37.0 Å². The first-order valence-corrected chi connectivity index (χ1v) is 25.2. The van der Waals surface area contributed by atoms with Crippen LogP contribution in [0.2, 0.25) is 0 Å². The third-order valence-electron chi connectivity index (χ3n) is 12.3. The summed E-state index contributed by atoms with van der Waals surface area (Å²) in [5, 5.41) is 40.6. The molecular formula is C50H90N4O8. The maximum atomic E-state index is 14.0. The number of hydrogen-bond donors (Lipinski definition) is 6. The van der Waals surface area contributed by atoms with E-state index in [9.17, 15) is 29.7 Å². The quantitative estimate of drug-likeness (QED) is 0.0359. The van der Waals surface area contributed by atoms with Crippen LogP contribution in [0.15, 0.2) is 30.3 Å². The zero-order valence-corrected chi connectivity index (χ0v) is 39.3. The summed E-state index contributed by atoms with van der Waals surface area (Å²) in [5.74, 6) is -0.659. The maximum Gasteiger partial charge on any atom is 0.408 e. The van der Waals surface area contributed by atoms with Crippen LogP contribution in [-0.2, 0) is 20.9 Å². The molecule has 6 atom stereocenters.